The van der Waals surface area contributed by atoms with Crippen molar-refractivity contribution in [3.8, 4) is 0 Å². The summed E-state index contributed by atoms with van der Waals surface area (Å²) in [4.78, 5) is 17.9. The summed E-state index contributed by atoms with van der Waals surface area (Å²) in [6, 6.07) is 0.345. The normalized spacial score (nSPS) is 15.4. The van der Waals surface area contributed by atoms with Crippen LogP contribution in [0.3, 0.4) is 0 Å². The van der Waals surface area contributed by atoms with Gasteiger partial charge in [-0.2, -0.15) is 0 Å². The highest BCUT2D eigenvalue weighted by molar-refractivity contribution is 7.89. The molecule has 1 fully saturated rings. The Labute approximate surface area is 112 Å². The SMILES string of the molecule is Cc1ncc(S(=O)(=O)NCCCC(=O)NC2CC2)[nH]1. The molecule has 1 aliphatic carbocycles. The molecule has 19 heavy (non-hydrogen) atoms. The molecular formula is C11H18N4O3S. The number of H-pyrrole nitrogens is 1. The molecule has 0 unspecified atom stereocenters. The fraction of sp³-hybridized carbons (Fsp3) is 0.636. The summed E-state index contributed by atoms with van der Waals surface area (Å²) in [5.41, 5.74) is 0. The number of aromatic nitrogens is 2. The average molecular weight is 286 g/mol. The molecule has 1 saturated carbocycles. The lowest BCUT2D eigenvalue weighted by Gasteiger charge is -2.05. The molecule has 1 aliphatic rings. The molecule has 0 radical (unpaired) electrons. The van der Waals surface area contributed by atoms with Crippen LogP contribution in [0.25, 0.3) is 0 Å². The molecule has 0 atom stereocenters. The Morgan fingerprint density at radius 3 is 2.84 bits per heavy atom. The third-order valence-electron chi connectivity index (χ3n) is 2.78. The van der Waals surface area contributed by atoms with Gasteiger partial charge >= 0.3 is 0 Å². The number of sulfonamides is 1. The first-order valence-electron chi connectivity index (χ1n) is 6.28. The van der Waals surface area contributed by atoms with Crippen LogP contribution in [-0.4, -0.2) is 36.9 Å². The summed E-state index contributed by atoms with van der Waals surface area (Å²) >= 11 is 0. The number of nitrogens with zero attached hydrogens (tertiary/aromatic N) is 1. The number of aromatic amines is 1. The fourth-order valence-corrected chi connectivity index (χ4v) is 2.64. The minimum atomic E-state index is -3.55. The lowest BCUT2D eigenvalue weighted by atomic mass is 10.3. The summed E-state index contributed by atoms with van der Waals surface area (Å²) in [6.07, 6.45) is 4.19. The molecule has 0 spiro atoms. The van der Waals surface area contributed by atoms with E-state index in [1.54, 1.807) is 6.92 Å². The lowest BCUT2D eigenvalue weighted by molar-refractivity contribution is -0.121. The van der Waals surface area contributed by atoms with Gasteiger partial charge < -0.3 is 10.3 Å². The van der Waals surface area contributed by atoms with E-state index in [0.29, 0.717) is 24.7 Å². The van der Waals surface area contributed by atoms with Crippen molar-refractivity contribution >= 4 is 15.9 Å². The van der Waals surface area contributed by atoms with E-state index in [-0.39, 0.29) is 17.5 Å². The first-order chi connectivity index (χ1) is 8.97. The van der Waals surface area contributed by atoms with Crippen LogP contribution in [-0.2, 0) is 14.8 Å². The number of aryl methyl sites for hydroxylation is 1. The number of nitrogens with one attached hydrogen (secondary N) is 3. The third kappa shape index (κ3) is 4.32. The second-order valence-corrected chi connectivity index (χ2v) is 6.41. The van der Waals surface area contributed by atoms with Crippen molar-refractivity contribution < 1.29 is 13.2 Å². The van der Waals surface area contributed by atoms with Crippen LogP contribution in [0.15, 0.2) is 11.2 Å². The highest BCUT2D eigenvalue weighted by atomic mass is 32.2. The Balaban J connectivity index is 1.71. The van der Waals surface area contributed by atoms with Gasteiger partial charge in [0.25, 0.3) is 10.0 Å². The predicted octanol–water partition coefficient (Wildman–Crippen LogP) is 0.0552. The highest BCUT2D eigenvalue weighted by Gasteiger charge is 2.23. The van der Waals surface area contributed by atoms with Crippen molar-refractivity contribution in [1.82, 2.24) is 20.0 Å². The smallest absolute Gasteiger partial charge is 0.257 e. The number of carbonyl (C=O) groups excluding carboxylic acids is 1. The van der Waals surface area contributed by atoms with Gasteiger partial charge in [-0.3, -0.25) is 4.79 Å². The van der Waals surface area contributed by atoms with Crippen molar-refractivity contribution in [1.29, 1.82) is 0 Å². The molecule has 8 heteroatoms. The minimum absolute atomic E-state index is 0.0147. The number of imidazole rings is 1. The Morgan fingerprint density at radius 1 is 1.53 bits per heavy atom. The van der Waals surface area contributed by atoms with Gasteiger partial charge in [0, 0.05) is 19.0 Å². The van der Waals surface area contributed by atoms with Crippen LogP contribution in [0.4, 0.5) is 0 Å². The second kappa shape index (κ2) is 5.70. The standard InChI is InChI=1S/C11H18N4O3S/c1-8-12-7-11(14-8)19(17,18)13-6-2-3-10(16)15-9-4-5-9/h7,9,13H,2-6H2,1H3,(H,12,14)(H,15,16). The van der Waals surface area contributed by atoms with E-state index in [9.17, 15) is 13.2 Å². The maximum atomic E-state index is 11.8. The molecule has 2 rings (SSSR count). The topological polar surface area (TPSA) is 104 Å². The molecule has 1 aromatic rings. The lowest BCUT2D eigenvalue weighted by Crippen LogP contribution is -2.28. The molecular weight excluding hydrogens is 268 g/mol. The quantitative estimate of drug-likeness (QED) is 0.616. The zero-order valence-corrected chi connectivity index (χ0v) is 11.6. The van der Waals surface area contributed by atoms with Crippen molar-refractivity contribution in [3.63, 3.8) is 0 Å². The summed E-state index contributed by atoms with van der Waals surface area (Å²) in [5, 5.41) is 2.90. The van der Waals surface area contributed by atoms with Crippen LogP contribution >= 0.6 is 0 Å². The zero-order valence-electron chi connectivity index (χ0n) is 10.8. The first-order valence-corrected chi connectivity index (χ1v) is 7.76. The van der Waals surface area contributed by atoms with Gasteiger partial charge in [-0.25, -0.2) is 18.1 Å². The van der Waals surface area contributed by atoms with Gasteiger partial charge in [0.1, 0.15) is 5.82 Å². The molecule has 1 heterocycles. The van der Waals surface area contributed by atoms with Gasteiger partial charge in [-0.1, -0.05) is 0 Å². The molecule has 1 amide bonds. The Bertz CT molecular complexity index is 548. The molecule has 0 bridgehead atoms. The fourth-order valence-electron chi connectivity index (χ4n) is 1.60. The minimum Gasteiger partial charge on any atom is -0.353 e. The highest BCUT2D eigenvalue weighted by Crippen LogP contribution is 2.18. The third-order valence-corrected chi connectivity index (χ3v) is 4.15. The van der Waals surface area contributed by atoms with Crippen LogP contribution in [0.5, 0.6) is 0 Å². The van der Waals surface area contributed by atoms with Crippen LogP contribution in [0.2, 0.25) is 0 Å². The van der Waals surface area contributed by atoms with E-state index in [1.165, 1.54) is 6.20 Å². The van der Waals surface area contributed by atoms with Gasteiger partial charge in [0.2, 0.25) is 5.91 Å². The molecule has 0 aromatic carbocycles. The van der Waals surface area contributed by atoms with Crippen LogP contribution in [0.1, 0.15) is 31.5 Å². The van der Waals surface area contributed by atoms with Crippen molar-refractivity contribution in [2.45, 2.75) is 43.7 Å². The summed E-state index contributed by atoms with van der Waals surface area (Å²) in [5.74, 6) is 0.531. The second-order valence-electron chi connectivity index (χ2n) is 4.68. The van der Waals surface area contributed by atoms with Crippen molar-refractivity contribution in [3.05, 3.63) is 12.0 Å². The molecule has 7 nitrogen and oxygen atoms in total. The van der Waals surface area contributed by atoms with Gasteiger partial charge in [0.15, 0.2) is 5.03 Å². The number of rotatable bonds is 7. The summed E-state index contributed by atoms with van der Waals surface area (Å²) in [6.45, 7) is 1.92. The zero-order chi connectivity index (χ0) is 13.9. The van der Waals surface area contributed by atoms with Crippen LogP contribution in [0, 0.1) is 6.92 Å². The molecule has 106 valence electrons. The van der Waals surface area contributed by atoms with Gasteiger partial charge in [0.05, 0.1) is 6.20 Å². The van der Waals surface area contributed by atoms with E-state index in [1.807, 2.05) is 0 Å². The molecule has 0 aliphatic heterocycles. The van der Waals surface area contributed by atoms with Crippen LogP contribution < -0.4 is 10.0 Å². The number of carbonyl (C=O) groups is 1. The predicted molar refractivity (Wildman–Crippen MR) is 68.9 cm³/mol. The molecule has 0 saturated heterocycles. The van der Waals surface area contributed by atoms with Crippen molar-refractivity contribution in [2.75, 3.05) is 6.54 Å². The first kappa shape index (κ1) is 14.0. The maximum Gasteiger partial charge on any atom is 0.257 e. The number of hydrogen-bond acceptors (Lipinski definition) is 4. The van der Waals surface area contributed by atoms with Gasteiger partial charge in [-0.15, -0.1) is 0 Å². The average Bonchev–Trinajstić information content (AvgIpc) is 3.03. The number of hydrogen-bond donors (Lipinski definition) is 3. The molecule has 3 N–H and O–H groups in total. The summed E-state index contributed by atoms with van der Waals surface area (Å²) in [7, 11) is -3.55. The largest absolute Gasteiger partial charge is 0.353 e. The van der Waals surface area contributed by atoms with E-state index in [0.717, 1.165) is 12.8 Å². The monoisotopic (exact) mass is 286 g/mol. The van der Waals surface area contributed by atoms with E-state index < -0.39 is 10.0 Å². The Morgan fingerprint density at radius 2 is 2.26 bits per heavy atom. The Hall–Kier alpha value is -1.41. The van der Waals surface area contributed by atoms with Gasteiger partial charge in [-0.05, 0) is 26.2 Å². The summed E-state index contributed by atoms with van der Waals surface area (Å²) < 4.78 is 26.0. The van der Waals surface area contributed by atoms with Crippen molar-refractivity contribution in [2.24, 2.45) is 0 Å². The maximum absolute atomic E-state index is 11.8. The Kier molecular flexibility index (Phi) is 4.20. The van der Waals surface area contributed by atoms with E-state index in [2.05, 4.69) is 20.0 Å². The molecule has 1 aromatic heterocycles. The van der Waals surface area contributed by atoms with E-state index >= 15 is 0 Å². The van der Waals surface area contributed by atoms with E-state index in [4.69, 9.17) is 0 Å². The number of amides is 1.